The second-order valence-corrected chi connectivity index (χ2v) is 13.8. The summed E-state index contributed by atoms with van der Waals surface area (Å²) in [6, 6.07) is 17.8. The summed E-state index contributed by atoms with van der Waals surface area (Å²) in [5.41, 5.74) is 1.69. The van der Waals surface area contributed by atoms with E-state index in [-0.39, 0.29) is 33.2 Å². The molecule has 0 saturated carbocycles. The van der Waals surface area contributed by atoms with E-state index in [4.69, 9.17) is 0 Å². The van der Waals surface area contributed by atoms with E-state index in [2.05, 4.69) is 5.32 Å². The Morgan fingerprint density at radius 3 is 1.67 bits per heavy atom. The van der Waals surface area contributed by atoms with Gasteiger partial charge < -0.3 is 5.32 Å². The number of hydrogen-bond donors (Lipinski definition) is 1. The van der Waals surface area contributed by atoms with Crippen LogP contribution in [0.25, 0.3) is 0 Å². The first kappa shape index (κ1) is 30.0. The molecule has 9 heteroatoms. The maximum absolute atomic E-state index is 13.5. The zero-order valence-corrected chi connectivity index (χ0v) is 24.3. The van der Waals surface area contributed by atoms with E-state index < -0.39 is 36.8 Å². The third-order valence-corrected chi connectivity index (χ3v) is 9.64. The molecule has 0 aromatic heterocycles. The molecule has 0 aliphatic heterocycles. The quantitative estimate of drug-likeness (QED) is 0.270. The molecule has 206 valence electrons. The molecule has 7 nitrogen and oxygen atoms in total. The third-order valence-electron chi connectivity index (χ3n) is 6.43. The lowest BCUT2D eigenvalue weighted by Gasteiger charge is -2.17. The molecule has 0 fully saturated rings. The molecule has 3 aromatic carbocycles. The van der Waals surface area contributed by atoms with Crippen molar-refractivity contribution in [1.82, 2.24) is 5.32 Å². The van der Waals surface area contributed by atoms with Gasteiger partial charge in [0.2, 0.25) is 0 Å². The molecule has 0 aliphatic carbocycles. The summed E-state index contributed by atoms with van der Waals surface area (Å²) in [5.74, 6) is -1.65. The average molecular weight is 568 g/mol. The van der Waals surface area contributed by atoms with Crippen molar-refractivity contribution in [2.24, 2.45) is 5.92 Å². The van der Waals surface area contributed by atoms with Crippen molar-refractivity contribution in [3.05, 3.63) is 106 Å². The predicted octanol–water partition coefficient (Wildman–Crippen LogP) is 5.09. The Bertz CT molecular complexity index is 1590. The summed E-state index contributed by atoms with van der Waals surface area (Å²) in [6.45, 7) is 9.47. The Kier molecular flexibility index (Phi) is 9.30. The zero-order valence-electron chi connectivity index (χ0n) is 22.6. The number of carbonyl (C=O) groups is 2. The zero-order chi connectivity index (χ0) is 29.0. The van der Waals surface area contributed by atoms with Gasteiger partial charge in [-0.3, -0.25) is 9.59 Å². The summed E-state index contributed by atoms with van der Waals surface area (Å²) >= 11 is 0. The second-order valence-electron chi connectivity index (χ2n) is 9.99. The number of nitrogens with one attached hydrogen (secondary N) is 1. The van der Waals surface area contributed by atoms with Crippen molar-refractivity contribution >= 4 is 31.4 Å². The van der Waals surface area contributed by atoms with E-state index in [1.165, 1.54) is 48.5 Å². The molecule has 1 amide bonds. The highest BCUT2D eigenvalue weighted by Gasteiger charge is 2.25. The van der Waals surface area contributed by atoms with E-state index in [1.807, 2.05) is 34.6 Å². The van der Waals surface area contributed by atoms with E-state index in [1.54, 1.807) is 24.3 Å². The molecule has 1 N–H and O–H groups in total. The molecule has 0 radical (unpaired) electrons. The molecular weight excluding hydrogens is 534 g/mol. The minimum atomic E-state index is -4.15. The highest BCUT2D eigenvalue weighted by atomic mass is 32.2. The normalized spacial score (nSPS) is 13.2. The van der Waals surface area contributed by atoms with Crippen LogP contribution in [0, 0.1) is 19.8 Å². The molecule has 0 spiro atoms. The van der Waals surface area contributed by atoms with Gasteiger partial charge >= 0.3 is 0 Å². The Morgan fingerprint density at radius 1 is 0.718 bits per heavy atom. The molecule has 0 bridgehead atoms. The third kappa shape index (κ3) is 7.74. The number of carbonyl (C=O) groups excluding carboxylic acids is 2. The molecule has 3 rings (SSSR count). The molecular formula is C30H33NO6S2. The van der Waals surface area contributed by atoms with Gasteiger partial charge in [0, 0.05) is 28.1 Å². The highest BCUT2D eigenvalue weighted by molar-refractivity contribution is 7.94. The van der Waals surface area contributed by atoms with Gasteiger partial charge in [-0.2, -0.15) is 0 Å². The topological polar surface area (TPSA) is 114 Å². The van der Waals surface area contributed by atoms with Crippen LogP contribution in [0.5, 0.6) is 0 Å². The second kappa shape index (κ2) is 12.1. The predicted molar refractivity (Wildman–Crippen MR) is 152 cm³/mol. The van der Waals surface area contributed by atoms with Gasteiger partial charge in [0.1, 0.15) is 0 Å². The average Bonchev–Trinajstić information content (AvgIpc) is 2.88. The monoisotopic (exact) mass is 567 g/mol. The Balaban J connectivity index is 2.01. The van der Waals surface area contributed by atoms with Crippen LogP contribution in [0.2, 0.25) is 0 Å². The van der Waals surface area contributed by atoms with Crippen LogP contribution in [0.4, 0.5) is 0 Å². The van der Waals surface area contributed by atoms with Gasteiger partial charge in [-0.25, -0.2) is 16.8 Å². The van der Waals surface area contributed by atoms with Crippen LogP contribution in [-0.2, 0) is 19.7 Å². The van der Waals surface area contributed by atoms with Crippen molar-refractivity contribution in [2.75, 3.05) is 5.75 Å². The number of Topliss-reactive ketones (excluding diaryl/α,β-unsaturated/α-hetero) is 1. The first-order valence-electron chi connectivity index (χ1n) is 12.5. The van der Waals surface area contributed by atoms with Crippen LogP contribution >= 0.6 is 0 Å². The number of aryl methyl sites for hydroxylation is 2. The van der Waals surface area contributed by atoms with E-state index in [0.717, 1.165) is 16.5 Å². The summed E-state index contributed by atoms with van der Waals surface area (Å²) in [4.78, 5) is 26.0. The van der Waals surface area contributed by atoms with Crippen LogP contribution in [0.1, 0.15) is 52.6 Å². The van der Waals surface area contributed by atoms with Crippen LogP contribution < -0.4 is 5.32 Å². The van der Waals surface area contributed by atoms with Gasteiger partial charge in [-0.1, -0.05) is 61.4 Å². The smallest absolute Gasteiger partial charge is 0.251 e. The minimum Gasteiger partial charge on any atom is -0.349 e. The number of amides is 1. The number of ketones is 1. The van der Waals surface area contributed by atoms with Gasteiger partial charge in [0.15, 0.2) is 25.5 Å². The van der Waals surface area contributed by atoms with Gasteiger partial charge in [0.05, 0.1) is 15.5 Å². The van der Waals surface area contributed by atoms with Gasteiger partial charge in [0.25, 0.3) is 5.91 Å². The van der Waals surface area contributed by atoms with Crippen molar-refractivity contribution in [2.45, 2.75) is 50.5 Å². The number of hydrogen-bond acceptors (Lipinski definition) is 6. The van der Waals surface area contributed by atoms with Crippen molar-refractivity contribution in [3.8, 4) is 0 Å². The summed E-state index contributed by atoms with van der Waals surface area (Å²) in [5, 5.41) is 3.61. The fourth-order valence-corrected chi connectivity index (χ4v) is 6.25. The standard InChI is InChI=1S/C30H33NO6S2/c1-20(2)23(5)31-30(33)25-12-10-24(11-13-25)29(32)26(18-38(34,35)27-14-6-21(3)7-15-27)19-39(36,37)28-16-8-22(4)9-17-28/h6-18,20,23H,19H2,1-5H3,(H,31,33)/b26-18-. The van der Waals surface area contributed by atoms with Crippen LogP contribution in [0.15, 0.2) is 93.6 Å². The number of rotatable bonds is 10. The lowest BCUT2D eigenvalue weighted by Crippen LogP contribution is -2.36. The Morgan fingerprint density at radius 2 is 1.18 bits per heavy atom. The lowest BCUT2D eigenvalue weighted by atomic mass is 10.0. The maximum atomic E-state index is 13.5. The minimum absolute atomic E-state index is 0.0224. The van der Waals surface area contributed by atoms with Crippen LogP contribution in [0.3, 0.4) is 0 Å². The maximum Gasteiger partial charge on any atom is 0.251 e. The molecule has 0 heterocycles. The molecule has 0 aliphatic rings. The molecule has 0 saturated heterocycles. The first-order chi connectivity index (χ1) is 18.2. The van der Waals surface area contributed by atoms with Crippen molar-refractivity contribution in [1.29, 1.82) is 0 Å². The number of benzene rings is 3. The molecule has 39 heavy (non-hydrogen) atoms. The number of sulfone groups is 2. The van der Waals surface area contributed by atoms with E-state index >= 15 is 0 Å². The summed E-state index contributed by atoms with van der Waals surface area (Å²) in [6.07, 6.45) is 0. The molecule has 1 unspecified atom stereocenters. The molecule has 3 aromatic rings. The SMILES string of the molecule is Cc1ccc(S(=O)(=O)/C=C(/CS(=O)(=O)c2ccc(C)cc2)C(=O)c2ccc(C(=O)NC(C)C(C)C)cc2)cc1. The lowest BCUT2D eigenvalue weighted by molar-refractivity contribution is 0.0929. The molecule has 1 atom stereocenters. The fraction of sp³-hybridized carbons (Fsp3) is 0.267. The fourth-order valence-electron chi connectivity index (χ4n) is 3.59. The highest BCUT2D eigenvalue weighted by Crippen LogP contribution is 2.22. The first-order valence-corrected chi connectivity index (χ1v) is 15.7. The summed E-state index contributed by atoms with van der Waals surface area (Å²) in [7, 11) is -8.20. The summed E-state index contributed by atoms with van der Waals surface area (Å²) < 4.78 is 52.8. The Labute approximate surface area is 230 Å². The van der Waals surface area contributed by atoms with E-state index in [0.29, 0.717) is 5.56 Å². The largest absolute Gasteiger partial charge is 0.349 e. The van der Waals surface area contributed by atoms with Crippen molar-refractivity contribution < 1.29 is 26.4 Å². The van der Waals surface area contributed by atoms with Crippen molar-refractivity contribution in [3.63, 3.8) is 0 Å². The van der Waals surface area contributed by atoms with E-state index in [9.17, 15) is 26.4 Å². The van der Waals surface area contributed by atoms with Gasteiger partial charge in [-0.15, -0.1) is 0 Å². The Hall–Kier alpha value is -3.56. The van der Waals surface area contributed by atoms with Gasteiger partial charge in [-0.05, 0) is 63.1 Å². The van der Waals surface area contributed by atoms with Crippen LogP contribution in [-0.4, -0.2) is 40.3 Å².